The van der Waals surface area contributed by atoms with Crippen molar-refractivity contribution in [2.45, 2.75) is 6.04 Å². The van der Waals surface area contributed by atoms with Gasteiger partial charge in [0.05, 0.1) is 11.7 Å². The third kappa shape index (κ3) is 1.66. The number of nitrogens with one attached hydrogen (secondary N) is 2. The van der Waals surface area contributed by atoms with E-state index >= 15 is 0 Å². The van der Waals surface area contributed by atoms with Crippen molar-refractivity contribution in [1.82, 2.24) is 14.7 Å². The van der Waals surface area contributed by atoms with Crippen molar-refractivity contribution in [2.24, 2.45) is 0 Å². The van der Waals surface area contributed by atoms with Crippen LogP contribution in [-0.2, 0) is 0 Å². The molecule has 1 saturated heterocycles. The minimum absolute atomic E-state index is 0.0171. The summed E-state index contributed by atoms with van der Waals surface area (Å²) >= 11 is 1.94. The molecule has 5 heteroatoms. The van der Waals surface area contributed by atoms with E-state index in [0.29, 0.717) is 6.04 Å². The average Bonchev–Trinajstić information content (AvgIpc) is 2.76. The smallest absolute Gasteiger partial charge is 0.256 e. The van der Waals surface area contributed by atoms with Crippen LogP contribution in [0.4, 0.5) is 0 Å². The van der Waals surface area contributed by atoms with Gasteiger partial charge >= 0.3 is 0 Å². The largest absolute Gasteiger partial charge is 0.342 e. The zero-order valence-corrected chi connectivity index (χ0v) is 9.59. The minimum atomic E-state index is 0.0171. The highest BCUT2D eigenvalue weighted by molar-refractivity contribution is 7.99. The third-order valence-electron chi connectivity index (χ3n) is 2.83. The van der Waals surface area contributed by atoms with Gasteiger partial charge in [0.2, 0.25) is 0 Å². The van der Waals surface area contributed by atoms with E-state index < -0.39 is 0 Å². The van der Waals surface area contributed by atoms with Gasteiger partial charge in [-0.25, -0.2) is 0 Å². The van der Waals surface area contributed by atoms with E-state index in [1.807, 2.05) is 24.0 Å². The van der Waals surface area contributed by atoms with Gasteiger partial charge in [-0.1, -0.05) is 6.07 Å². The molecule has 0 aliphatic carbocycles. The van der Waals surface area contributed by atoms with Crippen LogP contribution in [0, 0.1) is 0 Å². The Bertz CT molecular complexity index is 554. The fraction of sp³-hybridized carbons (Fsp3) is 0.364. The number of hydrogen-bond donors (Lipinski definition) is 2. The third-order valence-corrected chi connectivity index (χ3v) is 3.89. The molecule has 0 saturated carbocycles. The molecule has 1 aliphatic heterocycles. The number of nitrogens with zero attached hydrogens (tertiary/aromatic N) is 1. The Kier molecular flexibility index (Phi) is 2.49. The lowest BCUT2D eigenvalue weighted by Crippen LogP contribution is -2.30. The number of imidazole rings is 1. The maximum atomic E-state index is 11.6. The van der Waals surface area contributed by atoms with Crippen LogP contribution in [0.2, 0.25) is 0 Å². The number of aromatic amines is 1. The molecule has 2 aromatic heterocycles. The van der Waals surface area contributed by atoms with Gasteiger partial charge in [0, 0.05) is 30.3 Å². The molecule has 1 aliphatic rings. The summed E-state index contributed by atoms with van der Waals surface area (Å²) in [5.74, 6) is 2.22. The Morgan fingerprint density at radius 2 is 2.38 bits per heavy atom. The van der Waals surface area contributed by atoms with Crippen LogP contribution in [0.25, 0.3) is 5.65 Å². The van der Waals surface area contributed by atoms with Gasteiger partial charge in [0.25, 0.3) is 5.56 Å². The molecule has 0 amide bonds. The van der Waals surface area contributed by atoms with Crippen LogP contribution in [-0.4, -0.2) is 27.4 Å². The van der Waals surface area contributed by atoms with E-state index in [9.17, 15) is 4.79 Å². The Labute approximate surface area is 97.1 Å². The minimum Gasteiger partial charge on any atom is -0.342 e. The molecule has 3 heterocycles. The highest BCUT2D eigenvalue weighted by Gasteiger charge is 2.17. The molecule has 0 aromatic carbocycles. The number of aromatic nitrogens is 2. The topological polar surface area (TPSA) is 49.3 Å². The second kappa shape index (κ2) is 3.99. The van der Waals surface area contributed by atoms with Crippen LogP contribution in [0.15, 0.2) is 29.2 Å². The molecule has 84 valence electrons. The molecule has 0 bridgehead atoms. The lowest BCUT2D eigenvalue weighted by atomic mass is 10.2. The molecule has 4 nitrogen and oxygen atoms in total. The van der Waals surface area contributed by atoms with Crippen LogP contribution >= 0.6 is 11.8 Å². The Balaban J connectivity index is 2.04. The standard InChI is InChI=1S/C11H13N3OS/c15-11-3-1-2-10-13-8(6-14(10)11)9-7-16-5-4-12-9/h1-3,6,9,12-13H,4-5,7H2. The molecule has 2 aromatic rings. The molecular formula is C11H13N3OS. The van der Waals surface area contributed by atoms with E-state index in [2.05, 4.69) is 10.3 Å². The summed E-state index contributed by atoms with van der Waals surface area (Å²) in [5, 5.41) is 3.45. The molecule has 0 spiro atoms. The van der Waals surface area contributed by atoms with Crippen molar-refractivity contribution in [3.05, 3.63) is 40.4 Å². The number of H-pyrrole nitrogens is 1. The van der Waals surface area contributed by atoms with Crippen molar-refractivity contribution in [2.75, 3.05) is 18.1 Å². The normalized spacial score (nSPS) is 21.4. The van der Waals surface area contributed by atoms with Crippen LogP contribution in [0.5, 0.6) is 0 Å². The van der Waals surface area contributed by atoms with Gasteiger partial charge in [0.15, 0.2) is 0 Å². The summed E-state index contributed by atoms with van der Waals surface area (Å²) < 4.78 is 1.66. The number of hydrogen-bond acceptors (Lipinski definition) is 3. The summed E-state index contributed by atoms with van der Waals surface area (Å²) in [6, 6.07) is 5.60. The summed E-state index contributed by atoms with van der Waals surface area (Å²) in [4.78, 5) is 14.9. The van der Waals surface area contributed by atoms with Gasteiger partial charge in [-0.2, -0.15) is 11.8 Å². The summed E-state index contributed by atoms with van der Waals surface area (Å²) in [6.45, 7) is 1.03. The first kappa shape index (κ1) is 9.99. The van der Waals surface area contributed by atoms with Crippen LogP contribution in [0.3, 0.4) is 0 Å². The van der Waals surface area contributed by atoms with E-state index in [0.717, 1.165) is 29.4 Å². The molecule has 16 heavy (non-hydrogen) atoms. The van der Waals surface area contributed by atoms with Crippen molar-refractivity contribution < 1.29 is 0 Å². The summed E-state index contributed by atoms with van der Waals surface area (Å²) in [6.07, 6.45) is 1.90. The van der Waals surface area contributed by atoms with Crippen LogP contribution < -0.4 is 10.9 Å². The fourth-order valence-corrected chi connectivity index (χ4v) is 2.96. The zero-order chi connectivity index (χ0) is 11.0. The fourth-order valence-electron chi connectivity index (χ4n) is 2.00. The molecule has 1 fully saturated rings. The first-order valence-corrected chi connectivity index (χ1v) is 6.51. The van der Waals surface area contributed by atoms with E-state index in [1.54, 1.807) is 16.5 Å². The number of pyridine rings is 1. The predicted molar refractivity (Wildman–Crippen MR) is 66.1 cm³/mol. The second-order valence-corrected chi connectivity index (χ2v) is 5.06. The number of thioether (sulfide) groups is 1. The van der Waals surface area contributed by atoms with E-state index in [1.165, 1.54) is 0 Å². The first-order valence-electron chi connectivity index (χ1n) is 5.36. The van der Waals surface area contributed by atoms with Gasteiger partial charge in [-0.05, 0) is 6.07 Å². The predicted octanol–water partition coefficient (Wildman–Crippen LogP) is 1.01. The van der Waals surface area contributed by atoms with Crippen molar-refractivity contribution in [1.29, 1.82) is 0 Å². The lowest BCUT2D eigenvalue weighted by molar-refractivity contribution is 0.583. The lowest BCUT2D eigenvalue weighted by Gasteiger charge is -2.21. The zero-order valence-electron chi connectivity index (χ0n) is 8.77. The van der Waals surface area contributed by atoms with Crippen molar-refractivity contribution in [3.8, 4) is 0 Å². The van der Waals surface area contributed by atoms with Gasteiger partial charge in [-0.3, -0.25) is 9.20 Å². The number of rotatable bonds is 1. The quantitative estimate of drug-likeness (QED) is 0.775. The summed E-state index contributed by atoms with van der Waals surface area (Å²) in [5.41, 5.74) is 1.97. The molecule has 2 N–H and O–H groups in total. The van der Waals surface area contributed by atoms with E-state index in [4.69, 9.17) is 0 Å². The second-order valence-electron chi connectivity index (χ2n) is 3.91. The molecule has 1 unspecified atom stereocenters. The molecule has 0 radical (unpaired) electrons. The maximum absolute atomic E-state index is 11.6. The van der Waals surface area contributed by atoms with Gasteiger partial charge < -0.3 is 10.3 Å². The Morgan fingerprint density at radius 3 is 3.12 bits per heavy atom. The highest BCUT2D eigenvalue weighted by atomic mass is 32.2. The number of fused-ring (bicyclic) bond motifs is 1. The Hall–Kier alpha value is -1.20. The molecule has 3 rings (SSSR count). The van der Waals surface area contributed by atoms with Gasteiger partial charge in [0.1, 0.15) is 5.65 Å². The van der Waals surface area contributed by atoms with Crippen molar-refractivity contribution in [3.63, 3.8) is 0 Å². The van der Waals surface area contributed by atoms with Gasteiger partial charge in [-0.15, -0.1) is 0 Å². The van der Waals surface area contributed by atoms with Crippen molar-refractivity contribution >= 4 is 17.4 Å². The molecular weight excluding hydrogens is 222 g/mol. The summed E-state index contributed by atoms with van der Waals surface area (Å²) in [7, 11) is 0. The first-order chi connectivity index (χ1) is 7.84. The SMILES string of the molecule is O=c1cccc2[nH]c(C3CSCCN3)cn12. The van der Waals surface area contributed by atoms with Crippen LogP contribution in [0.1, 0.15) is 11.7 Å². The Morgan fingerprint density at radius 1 is 1.44 bits per heavy atom. The highest BCUT2D eigenvalue weighted by Crippen LogP contribution is 2.20. The van der Waals surface area contributed by atoms with E-state index in [-0.39, 0.29) is 5.56 Å². The average molecular weight is 235 g/mol. The molecule has 1 atom stereocenters. The maximum Gasteiger partial charge on any atom is 0.256 e. The monoisotopic (exact) mass is 235 g/mol.